The SMILES string of the molecule is CN1CCC(NC(=O)c2cc3c(s2)-c2ccccc2OCC3)CC1. The second-order valence-corrected chi connectivity index (χ2v) is 7.66. The number of nitrogens with zero attached hydrogens (tertiary/aromatic N) is 1. The third kappa shape index (κ3) is 3.06. The van der Waals surface area contributed by atoms with E-state index in [0.29, 0.717) is 12.6 Å². The van der Waals surface area contributed by atoms with Crippen LogP contribution in [0.2, 0.25) is 0 Å². The van der Waals surface area contributed by atoms with Gasteiger partial charge in [-0.2, -0.15) is 0 Å². The number of ether oxygens (including phenoxy) is 1. The molecule has 0 aliphatic carbocycles. The maximum atomic E-state index is 12.7. The van der Waals surface area contributed by atoms with Crippen LogP contribution in [-0.2, 0) is 6.42 Å². The summed E-state index contributed by atoms with van der Waals surface area (Å²) >= 11 is 1.59. The van der Waals surface area contributed by atoms with Gasteiger partial charge in [0.05, 0.1) is 11.5 Å². The Balaban J connectivity index is 1.55. The Hall–Kier alpha value is -1.85. The van der Waals surface area contributed by atoms with Gasteiger partial charge in [0.2, 0.25) is 0 Å². The molecule has 2 aliphatic heterocycles. The lowest BCUT2D eigenvalue weighted by Gasteiger charge is -2.29. The average molecular weight is 342 g/mol. The first-order valence-electron chi connectivity index (χ1n) is 8.55. The number of likely N-dealkylation sites (tertiary alicyclic amines) is 1. The maximum absolute atomic E-state index is 12.7. The molecule has 4 nitrogen and oxygen atoms in total. The molecule has 126 valence electrons. The number of para-hydroxylation sites is 1. The van der Waals surface area contributed by atoms with E-state index in [1.165, 1.54) is 10.4 Å². The summed E-state index contributed by atoms with van der Waals surface area (Å²) in [7, 11) is 2.13. The molecule has 0 spiro atoms. The number of thiophene rings is 1. The fraction of sp³-hybridized carbons (Fsp3) is 0.421. The molecule has 0 bridgehead atoms. The van der Waals surface area contributed by atoms with Crippen LogP contribution in [0.4, 0.5) is 0 Å². The van der Waals surface area contributed by atoms with E-state index in [0.717, 1.165) is 48.5 Å². The van der Waals surface area contributed by atoms with Gasteiger partial charge in [-0.1, -0.05) is 12.1 Å². The van der Waals surface area contributed by atoms with Crippen molar-refractivity contribution in [2.45, 2.75) is 25.3 Å². The Kier molecular flexibility index (Phi) is 4.29. The van der Waals surface area contributed by atoms with E-state index >= 15 is 0 Å². The zero-order valence-corrected chi connectivity index (χ0v) is 14.7. The molecule has 0 unspecified atom stereocenters. The maximum Gasteiger partial charge on any atom is 0.261 e. The molecule has 3 heterocycles. The molecule has 0 saturated carbocycles. The fourth-order valence-electron chi connectivity index (χ4n) is 3.41. The zero-order valence-electron chi connectivity index (χ0n) is 13.9. The Bertz CT molecular complexity index is 748. The van der Waals surface area contributed by atoms with Gasteiger partial charge >= 0.3 is 0 Å². The topological polar surface area (TPSA) is 41.6 Å². The summed E-state index contributed by atoms with van der Waals surface area (Å²) in [5.41, 5.74) is 2.33. The Morgan fingerprint density at radius 1 is 1.29 bits per heavy atom. The Morgan fingerprint density at radius 2 is 2.08 bits per heavy atom. The molecule has 0 radical (unpaired) electrons. The minimum Gasteiger partial charge on any atom is -0.493 e. The molecule has 0 atom stereocenters. The number of amides is 1. The number of fused-ring (bicyclic) bond motifs is 3. The van der Waals surface area contributed by atoms with Gasteiger partial charge in [-0.3, -0.25) is 4.79 Å². The van der Waals surface area contributed by atoms with Crippen LogP contribution in [-0.4, -0.2) is 43.6 Å². The van der Waals surface area contributed by atoms with Gasteiger partial charge in [-0.05, 0) is 56.7 Å². The normalized spacial score (nSPS) is 18.2. The van der Waals surface area contributed by atoms with Crippen LogP contribution in [0.1, 0.15) is 28.1 Å². The van der Waals surface area contributed by atoms with Crippen molar-refractivity contribution in [1.82, 2.24) is 10.2 Å². The van der Waals surface area contributed by atoms with Crippen LogP contribution < -0.4 is 10.1 Å². The molecule has 2 aromatic rings. The van der Waals surface area contributed by atoms with Gasteiger partial charge in [0.15, 0.2) is 0 Å². The molecule has 5 heteroatoms. The number of hydrogen-bond acceptors (Lipinski definition) is 4. The number of nitrogens with one attached hydrogen (secondary N) is 1. The molecule has 1 amide bonds. The third-order valence-electron chi connectivity index (χ3n) is 4.85. The van der Waals surface area contributed by atoms with Gasteiger partial charge in [0.25, 0.3) is 5.91 Å². The van der Waals surface area contributed by atoms with Crippen LogP contribution >= 0.6 is 11.3 Å². The third-order valence-corrected chi connectivity index (χ3v) is 6.06. The number of carbonyl (C=O) groups excluding carboxylic acids is 1. The van der Waals surface area contributed by atoms with E-state index in [9.17, 15) is 4.79 Å². The second-order valence-electron chi connectivity index (χ2n) is 6.61. The highest BCUT2D eigenvalue weighted by molar-refractivity contribution is 7.17. The molecular weight excluding hydrogens is 320 g/mol. The molecule has 2 aliphatic rings. The lowest BCUT2D eigenvalue weighted by Crippen LogP contribution is -2.43. The van der Waals surface area contributed by atoms with Crippen molar-refractivity contribution in [1.29, 1.82) is 0 Å². The summed E-state index contributed by atoms with van der Waals surface area (Å²) in [5, 5.41) is 3.22. The van der Waals surface area contributed by atoms with E-state index in [1.54, 1.807) is 11.3 Å². The van der Waals surface area contributed by atoms with Crippen LogP contribution in [0.25, 0.3) is 10.4 Å². The summed E-state index contributed by atoms with van der Waals surface area (Å²) in [4.78, 5) is 17.0. The van der Waals surface area contributed by atoms with Crippen molar-refractivity contribution >= 4 is 17.2 Å². The molecule has 4 rings (SSSR count). The minimum atomic E-state index is 0.0704. The van der Waals surface area contributed by atoms with E-state index in [4.69, 9.17) is 4.74 Å². The monoisotopic (exact) mass is 342 g/mol. The molecule has 24 heavy (non-hydrogen) atoms. The zero-order chi connectivity index (χ0) is 16.5. The fourth-order valence-corrected chi connectivity index (χ4v) is 4.56. The first kappa shape index (κ1) is 15.7. The summed E-state index contributed by atoms with van der Waals surface area (Å²) in [5.74, 6) is 0.987. The predicted octanol–water partition coefficient (Wildman–Crippen LogP) is 3.17. The van der Waals surface area contributed by atoms with Gasteiger partial charge in [-0.25, -0.2) is 0 Å². The standard InChI is InChI=1S/C19H22N2O2S/c1-21-9-6-14(7-10-21)20-19(22)17-12-13-8-11-23-16-5-3-2-4-15(16)18(13)24-17/h2-5,12,14H,6-11H2,1H3,(H,20,22). The van der Waals surface area contributed by atoms with Crippen molar-refractivity contribution in [3.05, 3.63) is 40.8 Å². The largest absolute Gasteiger partial charge is 0.493 e. The first-order chi connectivity index (χ1) is 11.7. The van der Waals surface area contributed by atoms with Gasteiger partial charge in [0.1, 0.15) is 5.75 Å². The lowest BCUT2D eigenvalue weighted by molar-refractivity contribution is 0.0921. The first-order valence-corrected chi connectivity index (χ1v) is 9.36. The van der Waals surface area contributed by atoms with Crippen LogP contribution in [0, 0.1) is 0 Å². The number of benzene rings is 1. The summed E-state index contributed by atoms with van der Waals surface area (Å²) < 4.78 is 5.82. The highest BCUT2D eigenvalue weighted by atomic mass is 32.1. The molecule has 1 aromatic carbocycles. The van der Waals surface area contributed by atoms with Crippen LogP contribution in [0.15, 0.2) is 30.3 Å². The highest BCUT2D eigenvalue weighted by Crippen LogP contribution is 2.40. The molecule has 1 saturated heterocycles. The highest BCUT2D eigenvalue weighted by Gasteiger charge is 2.23. The Morgan fingerprint density at radius 3 is 2.92 bits per heavy atom. The van der Waals surface area contributed by atoms with Crippen LogP contribution in [0.3, 0.4) is 0 Å². The predicted molar refractivity (Wildman–Crippen MR) is 96.9 cm³/mol. The molecule has 1 aromatic heterocycles. The Labute approximate surface area is 146 Å². The van der Waals surface area contributed by atoms with Gasteiger partial charge in [0, 0.05) is 22.9 Å². The number of hydrogen-bond donors (Lipinski definition) is 1. The number of rotatable bonds is 2. The van der Waals surface area contributed by atoms with Crippen molar-refractivity contribution in [2.75, 3.05) is 26.7 Å². The number of piperidine rings is 1. The number of carbonyl (C=O) groups is 1. The second kappa shape index (κ2) is 6.57. The van der Waals surface area contributed by atoms with E-state index in [1.807, 2.05) is 18.2 Å². The van der Waals surface area contributed by atoms with Crippen molar-refractivity contribution < 1.29 is 9.53 Å². The van der Waals surface area contributed by atoms with Crippen molar-refractivity contribution in [3.63, 3.8) is 0 Å². The van der Waals surface area contributed by atoms with Gasteiger partial charge in [-0.15, -0.1) is 11.3 Å². The average Bonchev–Trinajstić information content (AvgIpc) is 2.94. The van der Waals surface area contributed by atoms with Crippen LogP contribution in [0.5, 0.6) is 5.75 Å². The summed E-state index contributed by atoms with van der Waals surface area (Å²) in [6.45, 7) is 2.77. The quantitative estimate of drug-likeness (QED) is 0.911. The van der Waals surface area contributed by atoms with E-state index in [-0.39, 0.29) is 5.91 Å². The molecule has 1 N–H and O–H groups in total. The van der Waals surface area contributed by atoms with Crippen molar-refractivity contribution in [2.24, 2.45) is 0 Å². The minimum absolute atomic E-state index is 0.0704. The molecular formula is C19H22N2O2S. The van der Waals surface area contributed by atoms with Gasteiger partial charge < -0.3 is 15.0 Å². The summed E-state index contributed by atoms with van der Waals surface area (Å²) in [6.07, 6.45) is 2.91. The van der Waals surface area contributed by atoms with E-state index in [2.05, 4.69) is 29.4 Å². The van der Waals surface area contributed by atoms with E-state index < -0.39 is 0 Å². The molecule has 1 fully saturated rings. The lowest BCUT2D eigenvalue weighted by atomic mass is 10.1. The van der Waals surface area contributed by atoms with Crippen molar-refractivity contribution in [3.8, 4) is 16.2 Å². The smallest absolute Gasteiger partial charge is 0.261 e. The summed E-state index contributed by atoms with van der Waals surface area (Å²) in [6, 6.07) is 10.4.